The van der Waals surface area contributed by atoms with Crippen molar-refractivity contribution in [1.82, 2.24) is 0 Å². The van der Waals surface area contributed by atoms with Crippen LogP contribution in [-0.4, -0.2) is 24.7 Å². The summed E-state index contributed by atoms with van der Waals surface area (Å²) in [6, 6.07) is 8.45. The molecule has 21 heavy (non-hydrogen) atoms. The molecule has 3 N–H and O–H groups in total. The Labute approximate surface area is 126 Å². The van der Waals surface area contributed by atoms with Crippen LogP contribution < -0.4 is 11.1 Å². The lowest BCUT2D eigenvalue weighted by Gasteiger charge is -2.60. The van der Waals surface area contributed by atoms with Gasteiger partial charge < -0.3 is 15.8 Å². The lowest BCUT2D eigenvalue weighted by atomic mass is 9.55. The smallest absolute Gasteiger partial charge is 0.221 e. The second-order valence-corrected chi connectivity index (χ2v) is 6.88. The molecule has 3 unspecified atom stereocenters. The molecular formula is C17H24N2O2. The molecule has 2 aliphatic rings. The van der Waals surface area contributed by atoms with Crippen molar-refractivity contribution in [2.45, 2.75) is 45.3 Å². The molecule has 0 radical (unpaired) electrons. The SMILES string of the molecule is CC1(C)C(Nc2ccc(CC(N)=O)cc2)C2CCCOC21. The molecule has 3 atom stereocenters. The molecule has 1 heterocycles. The van der Waals surface area contributed by atoms with Crippen LogP contribution in [0.2, 0.25) is 0 Å². The van der Waals surface area contributed by atoms with Crippen LogP contribution in [0.25, 0.3) is 0 Å². The fourth-order valence-corrected chi connectivity index (χ4v) is 3.92. The van der Waals surface area contributed by atoms with Gasteiger partial charge in [-0.2, -0.15) is 0 Å². The molecule has 0 spiro atoms. The molecule has 1 aromatic carbocycles. The Hall–Kier alpha value is -1.55. The predicted molar refractivity (Wildman–Crippen MR) is 83.0 cm³/mol. The third-order valence-electron chi connectivity index (χ3n) is 4.99. The summed E-state index contributed by atoms with van der Waals surface area (Å²) in [6.45, 7) is 5.45. The van der Waals surface area contributed by atoms with Gasteiger partial charge in [0.2, 0.25) is 5.91 Å². The van der Waals surface area contributed by atoms with Crippen molar-refractivity contribution in [1.29, 1.82) is 0 Å². The zero-order chi connectivity index (χ0) is 15.0. The number of carbonyl (C=O) groups excluding carboxylic acids is 1. The van der Waals surface area contributed by atoms with Crippen molar-refractivity contribution >= 4 is 11.6 Å². The number of nitrogens with one attached hydrogen (secondary N) is 1. The number of rotatable bonds is 4. The summed E-state index contributed by atoms with van der Waals surface area (Å²) >= 11 is 0. The summed E-state index contributed by atoms with van der Waals surface area (Å²) in [4.78, 5) is 10.9. The summed E-state index contributed by atoms with van der Waals surface area (Å²) in [6.07, 6.45) is 3.09. The molecule has 0 bridgehead atoms. The number of primary amides is 1. The van der Waals surface area contributed by atoms with Crippen LogP contribution in [0.3, 0.4) is 0 Å². The molecule has 1 aromatic rings. The number of anilines is 1. The van der Waals surface area contributed by atoms with Crippen molar-refractivity contribution < 1.29 is 9.53 Å². The van der Waals surface area contributed by atoms with Gasteiger partial charge in [0, 0.05) is 29.7 Å². The lowest BCUT2D eigenvalue weighted by molar-refractivity contribution is -0.177. The zero-order valence-electron chi connectivity index (χ0n) is 12.8. The van der Waals surface area contributed by atoms with E-state index >= 15 is 0 Å². The van der Waals surface area contributed by atoms with E-state index in [-0.39, 0.29) is 11.3 Å². The van der Waals surface area contributed by atoms with Gasteiger partial charge in [-0.05, 0) is 30.5 Å². The highest BCUT2D eigenvalue weighted by molar-refractivity contribution is 5.76. The number of fused-ring (bicyclic) bond motifs is 1. The van der Waals surface area contributed by atoms with E-state index in [1.54, 1.807) is 0 Å². The monoisotopic (exact) mass is 288 g/mol. The molecule has 1 aliphatic carbocycles. The minimum absolute atomic E-state index is 0.164. The fraction of sp³-hybridized carbons (Fsp3) is 0.588. The van der Waals surface area contributed by atoms with Crippen LogP contribution in [-0.2, 0) is 16.0 Å². The predicted octanol–water partition coefficient (Wildman–Crippen LogP) is 2.33. The minimum Gasteiger partial charge on any atom is -0.381 e. The molecule has 1 saturated heterocycles. The summed E-state index contributed by atoms with van der Waals surface area (Å²) in [5.41, 5.74) is 7.44. The van der Waals surface area contributed by atoms with E-state index in [1.165, 1.54) is 6.42 Å². The highest BCUT2D eigenvalue weighted by Crippen LogP contribution is 2.52. The molecule has 1 amide bonds. The Kier molecular flexibility index (Phi) is 3.66. The van der Waals surface area contributed by atoms with Crippen molar-refractivity contribution in [3.63, 3.8) is 0 Å². The van der Waals surface area contributed by atoms with E-state index in [4.69, 9.17) is 10.5 Å². The van der Waals surface area contributed by atoms with Gasteiger partial charge in [0.15, 0.2) is 0 Å². The van der Waals surface area contributed by atoms with Crippen LogP contribution in [0.15, 0.2) is 24.3 Å². The van der Waals surface area contributed by atoms with Gasteiger partial charge in [-0.3, -0.25) is 4.79 Å². The van der Waals surface area contributed by atoms with Crippen LogP contribution in [0.1, 0.15) is 32.3 Å². The van der Waals surface area contributed by atoms with Crippen LogP contribution in [0.4, 0.5) is 5.69 Å². The molecule has 4 heteroatoms. The van der Waals surface area contributed by atoms with E-state index in [1.807, 2.05) is 24.3 Å². The Morgan fingerprint density at radius 3 is 2.76 bits per heavy atom. The topological polar surface area (TPSA) is 64.3 Å². The molecule has 3 rings (SSSR count). The quantitative estimate of drug-likeness (QED) is 0.893. The molecule has 1 saturated carbocycles. The number of nitrogens with two attached hydrogens (primary N) is 1. The van der Waals surface area contributed by atoms with Crippen molar-refractivity contribution in [2.24, 2.45) is 17.1 Å². The highest BCUT2D eigenvalue weighted by Gasteiger charge is 2.57. The van der Waals surface area contributed by atoms with E-state index in [0.717, 1.165) is 24.3 Å². The lowest BCUT2D eigenvalue weighted by Crippen LogP contribution is -2.67. The maximum Gasteiger partial charge on any atom is 0.221 e. The van der Waals surface area contributed by atoms with Crippen LogP contribution in [0.5, 0.6) is 0 Å². The average Bonchev–Trinajstić information content (AvgIpc) is 2.46. The van der Waals surface area contributed by atoms with Gasteiger partial charge in [0.25, 0.3) is 0 Å². The van der Waals surface area contributed by atoms with Gasteiger partial charge in [-0.1, -0.05) is 26.0 Å². The molecule has 114 valence electrons. The fourth-order valence-electron chi connectivity index (χ4n) is 3.92. The van der Waals surface area contributed by atoms with Crippen molar-refractivity contribution in [3.8, 4) is 0 Å². The molecule has 0 aromatic heterocycles. The summed E-state index contributed by atoms with van der Waals surface area (Å²) < 4.78 is 5.93. The summed E-state index contributed by atoms with van der Waals surface area (Å²) in [7, 11) is 0. The first-order chi connectivity index (χ1) is 9.98. The van der Waals surface area contributed by atoms with Crippen molar-refractivity contribution in [3.05, 3.63) is 29.8 Å². The van der Waals surface area contributed by atoms with Gasteiger partial charge in [-0.15, -0.1) is 0 Å². The normalized spacial score (nSPS) is 30.1. The molecular weight excluding hydrogens is 264 g/mol. The number of amides is 1. The first-order valence-electron chi connectivity index (χ1n) is 7.74. The molecule has 4 nitrogen and oxygen atoms in total. The Bertz CT molecular complexity index is 524. The molecule has 1 aliphatic heterocycles. The second-order valence-electron chi connectivity index (χ2n) is 6.88. The Morgan fingerprint density at radius 1 is 1.38 bits per heavy atom. The van der Waals surface area contributed by atoms with Gasteiger partial charge in [0.1, 0.15) is 0 Å². The number of hydrogen-bond acceptors (Lipinski definition) is 3. The second kappa shape index (κ2) is 5.34. The van der Waals surface area contributed by atoms with E-state index < -0.39 is 0 Å². The van der Waals surface area contributed by atoms with E-state index in [2.05, 4.69) is 19.2 Å². The summed E-state index contributed by atoms with van der Waals surface area (Å²) in [5, 5.41) is 3.65. The summed E-state index contributed by atoms with van der Waals surface area (Å²) in [5.74, 6) is 0.317. The van der Waals surface area contributed by atoms with Gasteiger partial charge in [-0.25, -0.2) is 0 Å². The van der Waals surface area contributed by atoms with Gasteiger partial charge in [0.05, 0.1) is 12.5 Å². The first-order valence-corrected chi connectivity index (χ1v) is 7.74. The highest BCUT2D eigenvalue weighted by atomic mass is 16.5. The van der Waals surface area contributed by atoms with Crippen LogP contribution in [0, 0.1) is 11.3 Å². The first kappa shape index (κ1) is 14.4. The van der Waals surface area contributed by atoms with Gasteiger partial charge >= 0.3 is 0 Å². The standard InChI is InChI=1S/C17H24N2O2/c1-17(2)15(13-4-3-9-21-16(13)17)19-12-7-5-11(6-8-12)10-14(18)20/h5-8,13,15-16,19H,3-4,9-10H2,1-2H3,(H2,18,20). The van der Waals surface area contributed by atoms with Crippen molar-refractivity contribution in [2.75, 3.05) is 11.9 Å². The van der Waals surface area contributed by atoms with Crippen LogP contribution >= 0.6 is 0 Å². The maximum atomic E-state index is 10.9. The number of hydrogen-bond donors (Lipinski definition) is 2. The number of benzene rings is 1. The largest absolute Gasteiger partial charge is 0.381 e. The Morgan fingerprint density at radius 2 is 2.10 bits per heavy atom. The Balaban J connectivity index is 1.67. The third-order valence-corrected chi connectivity index (χ3v) is 4.99. The third kappa shape index (κ3) is 2.64. The zero-order valence-corrected chi connectivity index (χ0v) is 12.8. The molecule has 2 fully saturated rings. The minimum atomic E-state index is -0.293. The van der Waals surface area contributed by atoms with E-state index in [0.29, 0.717) is 24.5 Å². The average molecular weight is 288 g/mol. The van der Waals surface area contributed by atoms with E-state index in [9.17, 15) is 4.79 Å². The number of ether oxygens (including phenoxy) is 1. The maximum absolute atomic E-state index is 10.9. The number of carbonyl (C=O) groups is 1.